The average molecular weight is 290 g/mol. The van der Waals surface area contributed by atoms with Crippen LogP contribution in [0.1, 0.15) is 18.4 Å². The predicted molar refractivity (Wildman–Crippen MR) is 86.5 cm³/mol. The lowest BCUT2D eigenvalue weighted by molar-refractivity contribution is 0.146. The van der Waals surface area contributed by atoms with Gasteiger partial charge in [-0.25, -0.2) is 4.79 Å². The molecule has 3 N–H and O–H groups in total. The van der Waals surface area contributed by atoms with Gasteiger partial charge in [0.2, 0.25) is 0 Å². The zero-order valence-electron chi connectivity index (χ0n) is 12.8. The number of hydrogen-bond acceptors (Lipinski definition) is 3. The van der Waals surface area contributed by atoms with Crippen LogP contribution in [0.5, 0.6) is 0 Å². The third-order valence-corrected chi connectivity index (χ3v) is 3.89. The number of hydrogen-bond donors (Lipinski definition) is 2. The monoisotopic (exact) mass is 290 g/mol. The number of unbranched alkanes of at least 4 members (excludes halogenated alkanes) is 1. The summed E-state index contributed by atoms with van der Waals surface area (Å²) in [6.45, 7) is 7.37. The van der Waals surface area contributed by atoms with Gasteiger partial charge in [0.05, 0.1) is 0 Å². The summed E-state index contributed by atoms with van der Waals surface area (Å²) in [5.41, 5.74) is 7.56. The van der Waals surface area contributed by atoms with E-state index in [0.29, 0.717) is 0 Å². The van der Waals surface area contributed by atoms with E-state index in [1.807, 2.05) is 36.1 Å². The van der Waals surface area contributed by atoms with E-state index in [4.69, 9.17) is 5.73 Å². The summed E-state index contributed by atoms with van der Waals surface area (Å²) < 4.78 is 0. The summed E-state index contributed by atoms with van der Waals surface area (Å²) in [5, 5.41) is 2.96. The molecule has 0 unspecified atom stereocenters. The normalized spacial score (nSPS) is 16.0. The van der Waals surface area contributed by atoms with Crippen LogP contribution in [0.15, 0.2) is 24.3 Å². The summed E-state index contributed by atoms with van der Waals surface area (Å²) in [4.78, 5) is 16.5. The molecule has 1 aliphatic rings. The van der Waals surface area contributed by atoms with Gasteiger partial charge in [-0.2, -0.15) is 0 Å². The lowest BCUT2D eigenvalue weighted by atomic mass is 10.2. The topological polar surface area (TPSA) is 61.6 Å². The first-order valence-corrected chi connectivity index (χ1v) is 7.74. The van der Waals surface area contributed by atoms with E-state index in [1.165, 1.54) is 5.56 Å². The number of anilines is 1. The molecule has 116 valence electrons. The van der Waals surface area contributed by atoms with Gasteiger partial charge in [0.15, 0.2) is 0 Å². The van der Waals surface area contributed by atoms with E-state index in [9.17, 15) is 4.79 Å². The maximum absolute atomic E-state index is 12.2. The Morgan fingerprint density at radius 3 is 2.43 bits per heavy atom. The number of amides is 2. The minimum Gasteiger partial charge on any atom is -0.330 e. The van der Waals surface area contributed by atoms with Crippen molar-refractivity contribution in [3.8, 4) is 0 Å². The van der Waals surface area contributed by atoms with Crippen LogP contribution in [-0.4, -0.2) is 55.1 Å². The van der Waals surface area contributed by atoms with Crippen molar-refractivity contribution < 1.29 is 4.79 Å². The van der Waals surface area contributed by atoms with E-state index in [1.54, 1.807) is 0 Å². The molecular weight excluding hydrogens is 264 g/mol. The van der Waals surface area contributed by atoms with Crippen molar-refractivity contribution in [2.24, 2.45) is 5.73 Å². The number of nitrogens with zero attached hydrogens (tertiary/aromatic N) is 2. The van der Waals surface area contributed by atoms with E-state index < -0.39 is 0 Å². The van der Waals surface area contributed by atoms with E-state index >= 15 is 0 Å². The highest BCUT2D eigenvalue weighted by molar-refractivity contribution is 5.89. The number of carbonyl (C=O) groups excluding carboxylic acids is 1. The Bertz CT molecular complexity index is 438. The zero-order valence-corrected chi connectivity index (χ0v) is 12.8. The first-order valence-electron chi connectivity index (χ1n) is 7.74. The molecule has 1 aromatic rings. The zero-order chi connectivity index (χ0) is 15.1. The van der Waals surface area contributed by atoms with Crippen LogP contribution in [0, 0.1) is 6.92 Å². The first-order chi connectivity index (χ1) is 10.2. The molecular formula is C16H26N4O. The average Bonchev–Trinajstić information content (AvgIpc) is 2.50. The van der Waals surface area contributed by atoms with Crippen LogP contribution in [0.25, 0.3) is 0 Å². The molecule has 0 bridgehead atoms. The quantitative estimate of drug-likeness (QED) is 0.814. The summed E-state index contributed by atoms with van der Waals surface area (Å²) in [6, 6.07) is 7.89. The summed E-state index contributed by atoms with van der Waals surface area (Å²) in [5.74, 6) is 0. The number of benzene rings is 1. The molecule has 0 spiro atoms. The molecule has 5 nitrogen and oxygen atoms in total. The largest absolute Gasteiger partial charge is 0.330 e. The van der Waals surface area contributed by atoms with Crippen LogP contribution in [0.2, 0.25) is 0 Å². The fraction of sp³-hybridized carbons (Fsp3) is 0.562. The van der Waals surface area contributed by atoms with Crippen molar-refractivity contribution >= 4 is 11.7 Å². The minimum atomic E-state index is 0.000427. The number of rotatable bonds is 5. The second-order valence-corrected chi connectivity index (χ2v) is 5.62. The number of nitrogens with one attached hydrogen (secondary N) is 1. The van der Waals surface area contributed by atoms with Gasteiger partial charge in [0.1, 0.15) is 0 Å². The number of urea groups is 1. The third-order valence-electron chi connectivity index (χ3n) is 3.89. The molecule has 0 aromatic heterocycles. The molecule has 0 saturated carbocycles. The second kappa shape index (κ2) is 8.00. The van der Waals surface area contributed by atoms with Gasteiger partial charge >= 0.3 is 6.03 Å². The van der Waals surface area contributed by atoms with Crippen molar-refractivity contribution in [2.75, 3.05) is 44.6 Å². The van der Waals surface area contributed by atoms with Crippen molar-refractivity contribution in [1.82, 2.24) is 9.80 Å². The number of piperazine rings is 1. The van der Waals surface area contributed by atoms with E-state index in [2.05, 4.69) is 10.2 Å². The fourth-order valence-electron chi connectivity index (χ4n) is 2.49. The standard InChI is InChI=1S/C16H26N4O/c1-14-4-6-15(7-5-14)18-16(21)20-12-10-19(11-13-20)9-3-2-8-17/h4-7H,2-3,8-13,17H2,1H3,(H,18,21). The maximum atomic E-state index is 12.2. The molecule has 1 fully saturated rings. The Morgan fingerprint density at radius 1 is 1.14 bits per heavy atom. The maximum Gasteiger partial charge on any atom is 0.321 e. The molecule has 1 heterocycles. The van der Waals surface area contributed by atoms with Crippen molar-refractivity contribution in [1.29, 1.82) is 0 Å². The highest BCUT2D eigenvalue weighted by Crippen LogP contribution is 2.11. The highest BCUT2D eigenvalue weighted by atomic mass is 16.2. The summed E-state index contributed by atoms with van der Waals surface area (Å²) in [6.07, 6.45) is 2.22. The molecule has 5 heteroatoms. The van der Waals surface area contributed by atoms with Crippen LogP contribution < -0.4 is 11.1 Å². The minimum absolute atomic E-state index is 0.000427. The summed E-state index contributed by atoms with van der Waals surface area (Å²) >= 11 is 0. The summed E-state index contributed by atoms with van der Waals surface area (Å²) in [7, 11) is 0. The van der Waals surface area contributed by atoms with Gasteiger partial charge in [-0.15, -0.1) is 0 Å². The molecule has 21 heavy (non-hydrogen) atoms. The Balaban J connectivity index is 1.74. The molecule has 1 aromatic carbocycles. The van der Waals surface area contributed by atoms with Crippen LogP contribution in [0.3, 0.4) is 0 Å². The lowest BCUT2D eigenvalue weighted by Gasteiger charge is -2.34. The van der Waals surface area contributed by atoms with Crippen LogP contribution >= 0.6 is 0 Å². The van der Waals surface area contributed by atoms with Gasteiger partial charge < -0.3 is 16.0 Å². The van der Waals surface area contributed by atoms with Crippen LogP contribution in [0.4, 0.5) is 10.5 Å². The number of aryl methyl sites for hydroxylation is 1. The van der Waals surface area contributed by atoms with Gasteiger partial charge in [-0.1, -0.05) is 17.7 Å². The third kappa shape index (κ3) is 5.02. The molecule has 0 atom stereocenters. The van der Waals surface area contributed by atoms with E-state index in [-0.39, 0.29) is 6.03 Å². The van der Waals surface area contributed by atoms with Gasteiger partial charge in [0.25, 0.3) is 0 Å². The Hall–Kier alpha value is -1.59. The molecule has 1 saturated heterocycles. The lowest BCUT2D eigenvalue weighted by Crippen LogP contribution is -2.50. The van der Waals surface area contributed by atoms with Crippen molar-refractivity contribution in [2.45, 2.75) is 19.8 Å². The van der Waals surface area contributed by atoms with Gasteiger partial charge in [-0.05, 0) is 45.0 Å². The molecule has 0 aliphatic carbocycles. The Kier molecular flexibility index (Phi) is 6.02. The number of carbonyl (C=O) groups is 1. The van der Waals surface area contributed by atoms with Gasteiger partial charge in [-0.3, -0.25) is 4.90 Å². The SMILES string of the molecule is Cc1ccc(NC(=O)N2CCN(CCCCN)CC2)cc1. The predicted octanol–water partition coefficient (Wildman–Crippen LogP) is 1.88. The molecule has 2 rings (SSSR count). The fourth-order valence-corrected chi connectivity index (χ4v) is 2.49. The molecule has 1 aliphatic heterocycles. The van der Waals surface area contributed by atoms with Crippen molar-refractivity contribution in [3.63, 3.8) is 0 Å². The van der Waals surface area contributed by atoms with E-state index in [0.717, 1.165) is 57.8 Å². The van der Waals surface area contributed by atoms with Gasteiger partial charge in [0, 0.05) is 31.9 Å². The Morgan fingerprint density at radius 2 is 1.81 bits per heavy atom. The molecule has 0 radical (unpaired) electrons. The number of nitrogens with two attached hydrogens (primary N) is 1. The van der Waals surface area contributed by atoms with Crippen LogP contribution in [-0.2, 0) is 0 Å². The Labute approximate surface area is 127 Å². The van der Waals surface area contributed by atoms with Crippen molar-refractivity contribution in [3.05, 3.63) is 29.8 Å². The smallest absolute Gasteiger partial charge is 0.321 e. The second-order valence-electron chi connectivity index (χ2n) is 5.62. The highest BCUT2D eigenvalue weighted by Gasteiger charge is 2.20. The first kappa shape index (κ1) is 15.8. The molecule has 2 amide bonds.